The van der Waals surface area contributed by atoms with Gasteiger partial charge >= 0.3 is 0 Å². The zero-order chi connectivity index (χ0) is 13.9. The molecule has 1 fully saturated rings. The van der Waals surface area contributed by atoms with Crippen molar-refractivity contribution < 1.29 is 8.42 Å². The van der Waals surface area contributed by atoms with Crippen molar-refractivity contribution in [2.75, 3.05) is 25.9 Å². The topological polar surface area (TPSA) is 37.4 Å². The van der Waals surface area contributed by atoms with Gasteiger partial charge < -0.3 is 4.90 Å². The molecular formula is C15H24ClNO2S. The summed E-state index contributed by atoms with van der Waals surface area (Å²) in [6.45, 7) is 5.64. The summed E-state index contributed by atoms with van der Waals surface area (Å²) in [4.78, 5) is 2.94. The summed E-state index contributed by atoms with van der Waals surface area (Å²) in [5.74, 6) is 0.509. The van der Waals surface area contributed by atoms with Gasteiger partial charge in [0.15, 0.2) is 9.84 Å². The standard InChI is InChI=1S/C15H23NO2S.ClH/c1-3-9-16-10-7-13(8-11-16)14-5-4-6-15(12-14)19(2,17)18;/h4-6,12-13H,3,7-11H2,1-2H3;1H. The van der Waals surface area contributed by atoms with Crippen molar-refractivity contribution >= 4 is 22.2 Å². The van der Waals surface area contributed by atoms with Crippen molar-refractivity contribution in [3.8, 4) is 0 Å². The van der Waals surface area contributed by atoms with Gasteiger partial charge in [0, 0.05) is 6.26 Å². The van der Waals surface area contributed by atoms with Gasteiger partial charge in [-0.1, -0.05) is 19.1 Å². The molecule has 2 rings (SSSR count). The molecule has 1 aliphatic rings. The van der Waals surface area contributed by atoms with Gasteiger partial charge in [0.05, 0.1) is 4.90 Å². The Labute approximate surface area is 128 Å². The van der Waals surface area contributed by atoms with Crippen molar-refractivity contribution in [1.82, 2.24) is 4.90 Å². The molecule has 0 bridgehead atoms. The Bertz CT molecular complexity index is 522. The van der Waals surface area contributed by atoms with Crippen molar-refractivity contribution in [1.29, 1.82) is 0 Å². The number of hydrogen-bond acceptors (Lipinski definition) is 3. The van der Waals surface area contributed by atoms with Crippen LogP contribution in [0.5, 0.6) is 0 Å². The van der Waals surface area contributed by atoms with E-state index >= 15 is 0 Å². The molecule has 0 atom stereocenters. The molecule has 20 heavy (non-hydrogen) atoms. The van der Waals surface area contributed by atoms with E-state index in [1.807, 2.05) is 12.1 Å². The molecule has 0 unspecified atom stereocenters. The smallest absolute Gasteiger partial charge is 0.175 e. The fourth-order valence-electron chi connectivity index (χ4n) is 2.81. The number of benzene rings is 1. The maximum atomic E-state index is 11.6. The van der Waals surface area contributed by atoms with Crippen LogP contribution in [0.2, 0.25) is 0 Å². The van der Waals surface area contributed by atoms with E-state index in [4.69, 9.17) is 0 Å². The summed E-state index contributed by atoms with van der Waals surface area (Å²) in [6.07, 6.45) is 4.74. The number of sulfone groups is 1. The lowest BCUT2D eigenvalue weighted by Gasteiger charge is -2.32. The summed E-state index contributed by atoms with van der Waals surface area (Å²) in [5.41, 5.74) is 1.18. The van der Waals surface area contributed by atoms with Gasteiger partial charge in [-0.25, -0.2) is 8.42 Å². The van der Waals surface area contributed by atoms with E-state index in [-0.39, 0.29) is 12.4 Å². The summed E-state index contributed by atoms with van der Waals surface area (Å²) in [6, 6.07) is 7.47. The average molecular weight is 318 g/mol. The van der Waals surface area contributed by atoms with Crippen molar-refractivity contribution in [2.24, 2.45) is 0 Å². The first-order valence-electron chi connectivity index (χ1n) is 7.03. The van der Waals surface area contributed by atoms with Crippen LogP contribution in [0.4, 0.5) is 0 Å². The Kier molecular flexibility index (Phi) is 6.49. The van der Waals surface area contributed by atoms with E-state index in [0.717, 1.165) is 25.9 Å². The van der Waals surface area contributed by atoms with E-state index in [9.17, 15) is 8.42 Å². The third-order valence-corrected chi connectivity index (χ3v) is 5.00. The average Bonchev–Trinajstić information content (AvgIpc) is 2.39. The van der Waals surface area contributed by atoms with Gasteiger partial charge in [0.2, 0.25) is 0 Å². The molecule has 1 saturated heterocycles. The van der Waals surface area contributed by atoms with E-state index in [1.165, 1.54) is 24.8 Å². The predicted octanol–water partition coefficient (Wildman–Crippen LogP) is 3.10. The molecule has 1 aromatic rings. The highest BCUT2D eigenvalue weighted by molar-refractivity contribution is 7.90. The summed E-state index contributed by atoms with van der Waals surface area (Å²) in [7, 11) is -3.09. The van der Waals surface area contributed by atoms with Gasteiger partial charge in [-0.05, 0) is 62.5 Å². The molecule has 0 radical (unpaired) electrons. The van der Waals surface area contributed by atoms with Crippen molar-refractivity contribution in [3.05, 3.63) is 29.8 Å². The third kappa shape index (κ3) is 4.47. The Morgan fingerprint density at radius 2 is 1.90 bits per heavy atom. The molecule has 1 aromatic carbocycles. The minimum atomic E-state index is -3.09. The molecule has 1 heterocycles. The highest BCUT2D eigenvalue weighted by Gasteiger charge is 2.20. The third-order valence-electron chi connectivity index (χ3n) is 3.89. The van der Waals surface area contributed by atoms with Crippen LogP contribution in [0, 0.1) is 0 Å². The lowest BCUT2D eigenvalue weighted by Crippen LogP contribution is -2.33. The molecule has 5 heteroatoms. The number of halogens is 1. The highest BCUT2D eigenvalue weighted by atomic mass is 35.5. The molecule has 0 spiro atoms. The molecule has 0 amide bonds. The van der Waals surface area contributed by atoms with Crippen LogP contribution >= 0.6 is 12.4 Å². The molecular weight excluding hydrogens is 294 g/mol. The lowest BCUT2D eigenvalue weighted by molar-refractivity contribution is 0.212. The first kappa shape index (κ1) is 17.5. The summed E-state index contributed by atoms with van der Waals surface area (Å²) in [5, 5.41) is 0. The van der Waals surface area contributed by atoms with Crippen LogP contribution in [0.15, 0.2) is 29.2 Å². The Hall–Kier alpha value is -0.580. The number of piperidine rings is 1. The van der Waals surface area contributed by atoms with E-state index in [1.54, 1.807) is 6.07 Å². The molecule has 0 aliphatic carbocycles. The molecule has 0 saturated carbocycles. The van der Waals surface area contributed by atoms with Gasteiger partial charge in [0.1, 0.15) is 0 Å². The zero-order valence-electron chi connectivity index (χ0n) is 12.2. The zero-order valence-corrected chi connectivity index (χ0v) is 13.8. The van der Waals surface area contributed by atoms with Crippen LogP contribution in [-0.4, -0.2) is 39.2 Å². The second-order valence-electron chi connectivity index (χ2n) is 5.46. The number of rotatable bonds is 4. The van der Waals surface area contributed by atoms with Gasteiger partial charge in [0.25, 0.3) is 0 Å². The van der Waals surface area contributed by atoms with Crippen LogP contribution in [0.3, 0.4) is 0 Å². The van der Waals surface area contributed by atoms with Crippen molar-refractivity contribution in [3.63, 3.8) is 0 Å². The van der Waals surface area contributed by atoms with E-state index < -0.39 is 9.84 Å². The Morgan fingerprint density at radius 1 is 1.25 bits per heavy atom. The van der Waals surface area contributed by atoms with Crippen LogP contribution < -0.4 is 0 Å². The monoisotopic (exact) mass is 317 g/mol. The second-order valence-corrected chi connectivity index (χ2v) is 7.48. The normalized spacial score (nSPS) is 17.7. The fraction of sp³-hybridized carbons (Fsp3) is 0.600. The first-order chi connectivity index (χ1) is 9.00. The van der Waals surface area contributed by atoms with Gasteiger partial charge in [-0.2, -0.15) is 0 Å². The summed E-state index contributed by atoms with van der Waals surface area (Å²) < 4.78 is 23.2. The molecule has 3 nitrogen and oxygen atoms in total. The Balaban J connectivity index is 0.00000200. The lowest BCUT2D eigenvalue weighted by atomic mass is 9.89. The largest absolute Gasteiger partial charge is 0.303 e. The molecule has 1 aliphatic heterocycles. The maximum Gasteiger partial charge on any atom is 0.175 e. The summed E-state index contributed by atoms with van der Waals surface area (Å²) >= 11 is 0. The minimum absolute atomic E-state index is 0. The first-order valence-corrected chi connectivity index (χ1v) is 8.92. The quantitative estimate of drug-likeness (QED) is 0.856. The SMILES string of the molecule is CCCN1CCC(c2cccc(S(C)(=O)=O)c2)CC1.Cl. The molecule has 0 N–H and O–H groups in total. The van der Waals surface area contributed by atoms with Crippen molar-refractivity contribution in [2.45, 2.75) is 37.0 Å². The highest BCUT2D eigenvalue weighted by Crippen LogP contribution is 2.29. The number of hydrogen-bond donors (Lipinski definition) is 0. The molecule has 114 valence electrons. The Morgan fingerprint density at radius 3 is 2.45 bits per heavy atom. The van der Waals surface area contributed by atoms with Crippen LogP contribution in [0.1, 0.15) is 37.7 Å². The fourth-order valence-corrected chi connectivity index (χ4v) is 3.48. The van der Waals surface area contributed by atoms with E-state index in [0.29, 0.717) is 10.8 Å². The second kappa shape index (κ2) is 7.43. The molecule has 0 aromatic heterocycles. The minimum Gasteiger partial charge on any atom is -0.303 e. The number of nitrogens with zero attached hydrogens (tertiary/aromatic N) is 1. The number of likely N-dealkylation sites (tertiary alicyclic amines) is 1. The van der Waals surface area contributed by atoms with Gasteiger partial charge in [-0.3, -0.25) is 0 Å². The van der Waals surface area contributed by atoms with Crippen LogP contribution in [-0.2, 0) is 9.84 Å². The van der Waals surface area contributed by atoms with Gasteiger partial charge in [-0.15, -0.1) is 12.4 Å². The van der Waals surface area contributed by atoms with E-state index in [2.05, 4.69) is 17.9 Å². The predicted molar refractivity (Wildman–Crippen MR) is 85.5 cm³/mol. The van der Waals surface area contributed by atoms with Crippen LogP contribution in [0.25, 0.3) is 0 Å². The maximum absolute atomic E-state index is 11.6.